The fraction of sp³-hybridized carbons (Fsp3) is 1.00. The maximum absolute atomic E-state index is 8.88. The highest BCUT2D eigenvalue weighted by Crippen LogP contribution is 2.05. The number of hydrogen-bond acceptors (Lipinski definition) is 4. The minimum atomic E-state index is -0.535. The summed E-state index contributed by atoms with van der Waals surface area (Å²) < 4.78 is 0. The van der Waals surface area contributed by atoms with Gasteiger partial charge < -0.3 is 10.2 Å². The smallest absolute Gasteiger partial charge is 0.0861 e. The van der Waals surface area contributed by atoms with Gasteiger partial charge in [-0.2, -0.15) is 23.5 Å². The molecule has 0 rings (SSSR count). The van der Waals surface area contributed by atoms with Crippen molar-refractivity contribution in [3.05, 3.63) is 0 Å². The standard InChI is InChI=1S/C6H14O2S2/c1-9-2-3-10-5-6(8)4-7/h6-8H,2-5H2,1H3. The molecule has 10 heavy (non-hydrogen) atoms. The van der Waals surface area contributed by atoms with Crippen LogP contribution in [0, 0.1) is 0 Å². The third-order valence-electron chi connectivity index (χ3n) is 0.953. The molecule has 0 spiro atoms. The van der Waals surface area contributed by atoms with Gasteiger partial charge in [0, 0.05) is 17.3 Å². The molecular formula is C6H14O2S2. The molecular weight excluding hydrogens is 168 g/mol. The van der Waals surface area contributed by atoms with Crippen molar-refractivity contribution in [1.29, 1.82) is 0 Å². The lowest BCUT2D eigenvalue weighted by Gasteiger charge is -2.04. The van der Waals surface area contributed by atoms with Crippen LogP contribution in [0.25, 0.3) is 0 Å². The summed E-state index contributed by atoms with van der Waals surface area (Å²) in [7, 11) is 0. The molecule has 4 heteroatoms. The highest BCUT2D eigenvalue weighted by Gasteiger charge is 1.99. The molecule has 0 aromatic carbocycles. The second-order valence-corrected chi connectivity index (χ2v) is 4.04. The molecule has 2 nitrogen and oxygen atoms in total. The van der Waals surface area contributed by atoms with E-state index in [-0.39, 0.29) is 6.61 Å². The number of rotatable bonds is 6. The normalized spacial score (nSPS) is 13.5. The summed E-state index contributed by atoms with van der Waals surface area (Å²) in [5.41, 5.74) is 0. The lowest BCUT2D eigenvalue weighted by molar-refractivity contribution is 0.113. The van der Waals surface area contributed by atoms with Crippen LogP contribution in [-0.2, 0) is 0 Å². The van der Waals surface area contributed by atoms with Crippen molar-refractivity contribution in [3.8, 4) is 0 Å². The minimum Gasteiger partial charge on any atom is -0.394 e. The van der Waals surface area contributed by atoms with E-state index in [0.717, 1.165) is 11.5 Å². The molecule has 62 valence electrons. The monoisotopic (exact) mass is 182 g/mol. The molecule has 1 unspecified atom stereocenters. The number of aliphatic hydroxyl groups is 2. The second-order valence-electron chi connectivity index (χ2n) is 1.90. The zero-order chi connectivity index (χ0) is 7.82. The Morgan fingerprint density at radius 3 is 2.60 bits per heavy atom. The van der Waals surface area contributed by atoms with E-state index in [4.69, 9.17) is 10.2 Å². The molecule has 0 bridgehead atoms. The van der Waals surface area contributed by atoms with E-state index in [2.05, 4.69) is 6.26 Å². The zero-order valence-corrected chi connectivity index (χ0v) is 7.75. The molecule has 0 saturated carbocycles. The Labute approximate surface area is 70.4 Å². The Bertz CT molecular complexity index is 70.8. The van der Waals surface area contributed by atoms with E-state index in [1.807, 2.05) is 0 Å². The average molecular weight is 182 g/mol. The predicted octanol–water partition coefficient (Wildman–Crippen LogP) is 0.436. The first-order valence-electron chi connectivity index (χ1n) is 3.17. The minimum absolute atomic E-state index is 0.119. The van der Waals surface area contributed by atoms with Crippen LogP contribution in [0.5, 0.6) is 0 Å². The quantitative estimate of drug-likeness (QED) is 0.585. The van der Waals surface area contributed by atoms with Crippen molar-refractivity contribution >= 4 is 23.5 Å². The molecule has 0 aliphatic heterocycles. The van der Waals surface area contributed by atoms with Crippen LogP contribution >= 0.6 is 23.5 Å². The largest absolute Gasteiger partial charge is 0.394 e. The predicted molar refractivity (Wildman–Crippen MR) is 48.8 cm³/mol. The van der Waals surface area contributed by atoms with Crippen LogP contribution in [0.1, 0.15) is 0 Å². The summed E-state index contributed by atoms with van der Waals surface area (Å²) in [5.74, 6) is 2.82. The van der Waals surface area contributed by atoms with Crippen molar-refractivity contribution < 1.29 is 10.2 Å². The fourth-order valence-electron chi connectivity index (χ4n) is 0.414. The van der Waals surface area contributed by atoms with Crippen molar-refractivity contribution in [1.82, 2.24) is 0 Å². The Morgan fingerprint density at radius 2 is 2.10 bits per heavy atom. The molecule has 0 aliphatic rings. The molecule has 0 fully saturated rings. The van der Waals surface area contributed by atoms with Crippen LogP contribution in [0.15, 0.2) is 0 Å². The third kappa shape index (κ3) is 6.74. The number of thioether (sulfide) groups is 2. The molecule has 0 radical (unpaired) electrons. The van der Waals surface area contributed by atoms with Gasteiger partial charge in [0.2, 0.25) is 0 Å². The first-order chi connectivity index (χ1) is 4.81. The first-order valence-corrected chi connectivity index (χ1v) is 5.71. The van der Waals surface area contributed by atoms with Gasteiger partial charge >= 0.3 is 0 Å². The molecule has 0 saturated heterocycles. The summed E-state index contributed by atoms with van der Waals surface area (Å²) in [6, 6.07) is 0. The van der Waals surface area contributed by atoms with Gasteiger partial charge in [-0.1, -0.05) is 0 Å². The molecule has 2 N–H and O–H groups in total. The number of hydrogen-bond donors (Lipinski definition) is 2. The molecule has 0 aromatic rings. The van der Waals surface area contributed by atoms with Crippen LogP contribution in [0.4, 0.5) is 0 Å². The third-order valence-corrected chi connectivity index (χ3v) is 2.94. The summed E-state index contributed by atoms with van der Waals surface area (Å²) in [4.78, 5) is 0. The first kappa shape index (κ1) is 10.6. The Kier molecular flexibility index (Phi) is 8.20. The summed E-state index contributed by atoms with van der Waals surface area (Å²) >= 11 is 3.48. The van der Waals surface area contributed by atoms with Crippen LogP contribution in [0.2, 0.25) is 0 Å². The summed E-state index contributed by atoms with van der Waals surface area (Å²) in [6.45, 7) is -0.119. The van der Waals surface area contributed by atoms with Gasteiger partial charge in [-0.05, 0) is 6.26 Å². The highest BCUT2D eigenvalue weighted by molar-refractivity contribution is 8.02. The van der Waals surface area contributed by atoms with Gasteiger partial charge in [0.05, 0.1) is 12.7 Å². The molecule has 0 aromatic heterocycles. The van der Waals surface area contributed by atoms with E-state index < -0.39 is 6.10 Å². The average Bonchev–Trinajstić information content (AvgIpc) is 1.98. The summed E-state index contributed by atoms with van der Waals surface area (Å²) in [6.07, 6.45) is 1.52. The Balaban J connectivity index is 2.89. The van der Waals surface area contributed by atoms with E-state index in [0.29, 0.717) is 5.75 Å². The van der Waals surface area contributed by atoms with E-state index in [1.165, 1.54) is 0 Å². The van der Waals surface area contributed by atoms with Gasteiger partial charge in [0.25, 0.3) is 0 Å². The van der Waals surface area contributed by atoms with Crippen LogP contribution in [-0.4, -0.2) is 46.4 Å². The second kappa shape index (κ2) is 7.72. The lowest BCUT2D eigenvalue weighted by atomic mass is 10.4. The molecule has 0 heterocycles. The molecule has 1 atom stereocenters. The van der Waals surface area contributed by atoms with E-state index in [1.54, 1.807) is 23.5 Å². The summed E-state index contributed by atoms with van der Waals surface area (Å²) in [5, 5.41) is 17.3. The SMILES string of the molecule is CSCCSCC(O)CO. The van der Waals surface area contributed by atoms with Gasteiger partial charge in [0.1, 0.15) is 0 Å². The van der Waals surface area contributed by atoms with Gasteiger partial charge in [-0.15, -0.1) is 0 Å². The van der Waals surface area contributed by atoms with E-state index >= 15 is 0 Å². The zero-order valence-electron chi connectivity index (χ0n) is 6.12. The van der Waals surface area contributed by atoms with Gasteiger partial charge in [0.15, 0.2) is 0 Å². The molecule has 0 amide bonds. The fourth-order valence-corrected chi connectivity index (χ4v) is 2.10. The van der Waals surface area contributed by atoms with Crippen LogP contribution < -0.4 is 0 Å². The molecule has 0 aliphatic carbocycles. The Hall–Kier alpha value is 0.620. The van der Waals surface area contributed by atoms with Gasteiger partial charge in [-0.25, -0.2) is 0 Å². The maximum Gasteiger partial charge on any atom is 0.0861 e. The Morgan fingerprint density at radius 1 is 1.40 bits per heavy atom. The van der Waals surface area contributed by atoms with Crippen molar-refractivity contribution in [3.63, 3.8) is 0 Å². The van der Waals surface area contributed by atoms with Crippen molar-refractivity contribution in [2.75, 3.05) is 30.1 Å². The number of aliphatic hydroxyl groups excluding tert-OH is 2. The van der Waals surface area contributed by atoms with Gasteiger partial charge in [-0.3, -0.25) is 0 Å². The van der Waals surface area contributed by atoms with Crippen molar-refractivity contribution in [2.45, 2.75) is 6.10 Å². The maximum atomic E-state index is 8.88. The van der Waals surface area contributed by atoms with Crippen molar-refractivity contribution in [2.24, 2.45) is 0 Å². The lowest BCUT2D eigenvalue weighted by Crippen LogP contribution is -2.15. The topological polar surface area (TPSA) is 40.5 Å². The van der Waals surface area contributed by atoms with Crippen LogP contribution in [0.3, 0.4) is 0 Å². The highest BCUT2D eigenvalue weighted by atomic mass is 32.2. The van der Waals surface area contributed by atoms with E-state index in [9.17, 15) is 0 Å².